The lowest BCUT2D eigenvalue weighted by molar-refractivity contribution is 0.104. The Morgan fingerprint density at radius 2 is 1.83 bits per heavy atom. The molecule has 0 unspecified atom stereocenters. The second-order valence-corrected chi connectivity index (χ2v) is 6.65. The zero-order valence-corrected chi connectivity index (χ0v) is 14.3. The van der Waals surface area contributed by atoms with E-state index in [2.05, 4.69) is 36.4 Å². The van der Waals surface area contributed by atoms with Crippen LogP contribution in [0.4, 0.5) is 0 Å². The molecule has 24 heavy (non-hydrogen) atoms. The molecule has 1 aliphatic carbocycles. The molecule has 0 radical (unpaired) electrons. The minimum atomic E-state index is 0.133. The van der Waals surface area contributed by atoms with Crippen LogP contribution in [0, 0.1) is 5.92 Å². The van der Waals surface area contributed by atoms with Crippen molar-refractivity contribution < 1.29 is 14.2 Å². The third kappa shape index (κ3) is 2.62. The van der Waals surface area contributed by atoms with E-state index in [1.807, 2.05) is 13.0 Å². The summed E-state index contributed by atoms with van der Waals surface area (Å²) in [6.07, 6.45) is 3.86. The van der Waals surface area contributed by atoms with Gasteiger partial charge >= 0.3 is 0 Å². The average molecular weight is 324 g/mol. The van der Waals surface area contributed by atoms with Gasteiger partial charge in [-0.1, -0.05) is 18.6 Å². The first kappa shape index (κ1) is 15.4. The van der Waals surface area contributed by atoms with Crippen molar-refractivity contribution in [2.24, 2.45) is 5.92 Å². The molecule has 1 aliphatic heterocycles. The monoisotopic (exact) mass is 324 g/mol. The molecule has 0 aromatic heterocycles. The van der Waals surface area contributed by atoms with Crippen molar-refractivity contribution in [2.45, 2.75) is 38.2 Å². The molecule has 0 spiro atoms. The lowest BCUT2D eigenvalue weighted by atomic mass is 9.80. The number of ether oxygens (including phenoxy) is 3. The van der Waals surface area contributed by atoms with E-state index in [0.29, 0.717) is 18.4 Å². The van der Waals surface area contributed by atoms with Crippen LogP contribution >= 0.6 is 0 Å². The Morgan fingerprint density at radius 3 is 2.58 bits per heavy atom. The highest BCUT2D eigenvalue weighted by Crippen LogP contribution is 2.54. The van der Waals surface area contributed by atoms with Gasteiger partial charge in [-0.25, -0.2) is 0 Å². The maximum absolute atomic E-state index is 6.43. The minimum Gasteiger partial charge on any atom is -0.497 e. The van der Waals surface area contributed by atoms with E-state index in [9.17, 15) is 0 Å². The second kappa shape index (κ2) is 6.39. The fraction of sp³-hybridized carbons (Fsp3) is 0.429. The molecular formula is C21H24O3. The lowest BCUT2D eigenvalue weighted by Gasteiger charge is -2.36. The van der Waals surface area contributed by atoms with Crippen molar-refractivity contribution in [3.8, 4) is 17.2 Å². The summed E-state index contributed by atoms with van der Waals surface area (Å²) in [5.74, 6) is 3.97. The van der Waals surface area contributed by atoms with Crippen molar-refractivity contribution in [2.75, 3.05) is 13.7 Å². The summed E-state index contributed by atoms with van der Waals surface area (Å²) < 4.78 is 17.4. The van der Waals surface area contributed by atoms with Gasteiger partial charge in [0.05, 0.1) is 13.7 Å². The second-order valence-electron chi connectivity index (χ2n) is 6.65. The predicted molar refractivity (Wildman–Crippen MR) is 94.1 cm³/mol. The van der Waals surface area contributed by atoms with Crippen molar-refractivity contribution >= 4 is 0 Å². The number of rotatable bonds is 4. The molecule has 126 valence electrons. The topological polar surface area (TPSA) is 27.7 Å². The van der Waals surface area contributed by atoms with E-state index >= 15 is 0 Å². The summed E-state index contributed by atoms with van der Waals surface area (Å²) >= 11 is 0. The first-order valence-corrected chi connectivity index (χ1v) is 8.87. The number of hydrogen-bond donors (Lipinski definition) is 0. The van der Waals surface area contributed by atoms with E-state index in [-0.39, 0.29) is 6.10 Å². The molecule has 1 saturated carbocycles. The van der Waals surface area contributed by atoms with Crippen molar-refractivity contribution in [1.82, 2.24) is 0 Å². The Bertz CT molecular complexity index is 708. The zero-order valence-electron chi connectivity index (χ0n) is 14.3. The maximum Gasteiger partial charge on any atom is 0.127 e. The number of methoxy groups -OCH3 is 1. The number of fused-ring (bicyclic) bond motifs is 3. The molecule has 0 amide bonds. The molecule has 3 heteroatoms. The molecule has 1 fully saturated rings. The Kier molecular flexibility index (Phi) is 4.09. The van der Waals surface area contributed by atoms with Crippen LogP contribution in [0.1, 0.15) is 49.3 Å². The summed E-state index contributed by atoms with van der Waals surface area (Å²) in [5, 5.41) is 0. The number of hydrogen-bond acceptors (Lipinski definition) is 3. The van der Waals surface area contributed by atoms with Crippen LogP contribution in [0.5, 0.6) is 17.2 Å². The van der Waals surface area contributed by atoms with E-state index < -0.39 is 0 Å². The van der Waals surface area contributed by atoms with Gasteiger partial charge in [-0.05, 0) is 61.6 Å². The molecule has 0 N–H and O–H groups in total. The van der Waals surface area contributed by atoms with E-state index in [1.54, 1.807) is 7.11 Å². The van der Waals surface area contributed by atoms with Gasteiger partial charge < -0.3 is 14.2 Å². The fourth-order valence-corrected chi connectivity index (χ4v) is 4.25. The largest absolute Gasteiger partial charge is 0.497 e. The summed E-state index contributed by atoms with van der Waals surface area (Å²) in [4.78, 5) is 0. The van der Waals surface area contributed by atoms with Crippen LogP contribution in [0.25, 0.3) is 0 Å². The Morgan fingerprint density at radius 1 is 1.04 bits per heavy atom. The Balaban J connectivity index is 1.67. The normalized spacial score (nSPS) is 24.7. The molecular weight excluding hydrogens is 300 g/mol. The van der Waals surface area contributed by atoms with Gasteiger partial charge in [0.25, 0.3) is 0 Å². The van der Waals surface area contributed by atoms with Crippen LogP contribution in [0.15, 0.2) is 42.5 Å². The highest BCUT2D eigenvalue weighted by Gasteiger charge is 2.42. The Labute approximate surface area is 143 Å². The van der Waals surface area contributed by atoms with E-state index in [4.69, 9.17) is 14.2 Å². The molecule has 1 heterocycles. The zero-order chi connectivity index (χ0) is 16.5. The molecule has 2 aliphatic rings. The van der Waals surface area contributed by atoms with Gasteiger partial charge in [0.15, 0.2) is 0 Å². The maximum atomic E-state index is 6.43. The van der Waals surface area contributed by atoms with Crippen molar-refractivity contribution in [1.29, 1.82) is 0 Å². The highest BCUT2D eigenvalue weighted by atomic mass is 16.5. The molecule has 0 bridgehead atoms. The summed E-state index contributed by atoms with van der Waals surface area (Å²) in [6, 6.07) is 14.6. The average Bonchev–Trinajstić information content (AvgIpc) is 3.12. The molecule has 2 aromatic carbocycles. The van der Waals surface area contributed by atoms with Gasteiger partial charge in [0.1, 0.15) is 23.4 Å². The third-order valence-corrected chi connectivity index (χ3v) is 5.35. The SMILES string of the molecule is CCOc1ccc([C@H]2Oc3ccc(OC)cc3[C@H]3CCC[C@H]32)cc1. The van der Waals surface area contributed by atoms with Crippen LogP contribution in [0.2, 0.25) is 0 Å². The standard InChI is InChI=1S/C21H24O3/c1-3-23-15-9-7-14(8-10-15)21-18-6-4-5-17(18)19-13-16(22-2)11-12-20(19)24-21/h7-13,17-18,21H,3-6H2,1-2H3/t17-,18+,21+/m0/s1. The van der Waals surface area contributed by atoms with E-state index in [0.717, 1.165) is 17.2 Å². The quantitative estimate of drug-likeness (QED) is 0.782. The van der Waals surface area contributed by atoms with E-state index in [1.165, 1.54) is 30.4 Å². The van der Waals surface area contributed by atoms with Crippen LogP contribution < -0.4 is 14.2 Å². The molecule has 3 nitrogen and oxygen atoms in total. The van der Waals surface area contributed by atoms with Gasteiger partial charge in [-0.2, -0.15) is 0 Å². The number of benzene rings is 2. The first-order chi connectivity index (χ1) is 11.8. The van der Waals surface area contributed by atoms with Crippen LogP contribution in [0.3, 0.4) is 0 Å². The fourth-order valence-electron chi connectivity index (χ4n) is 4.25. The van der Waals surface area contributed by atoms with Crippen molar-refractivity contribution in [3.63, 3.8) is 0 Å². The highest BCUT2D eigenvalue weighted by molar-refractivity contribution is 5.46. The molecule has 0 saturated heterocycles. The summed E-state index contributed by atoms with van der Waals surface area (Å²) in [6.45, 7) is 2.70. The predicted octanol–water partition coefficient (Wildman–Crippen LogP) is 5.11. The smallest absolute Gasteiger partial charge is 0.127 e. The molecule has 3 atom stereocenters. The first-order valence-electron chi connectivity index (χ1n) is 8.87. The van der Waals surface area contributed by atoms with Gasteiger partial charge in [0.2, 0.25) is 0 Å². The van der Waals surface area contributed by atoms with Gasteiger partial charge in [-0.3, -0.25) is 0 Å². The summed E-state index contributed by atoms with van der Waals surface area (Å²) in [7, 11) is 1.72. The van der Waals surface area contributed by atoms with Crippen LogP contribution in [-0.4, -0.2) is 13.7 Å². The minimum absolute atomic E-state index is 0.133. The molecule has 4 rings (SSSR count). The van der Waals surface area contributed by atoms with Gasteiger partial charge in [-0.15, -0.1) is 0 Å². The lowest BCUT2D eigenvalue weighted by Crippen LogP contribution is -2.26. The summed E-state index contributed by atoms with van der Waals surface area (Å²) in [5.41, 5.74) is 2.57. The van der Waals surface area contributed by atoms with Gasteiger partial charge in [0, 0.05) is 11.5 Å². The molecule has 2 aromatic rings. The Hall–Kier alpha value is -2.16. The third-order valence-electron chi connectivity index (χ3n) is 5.35. The van der Waals surface area contributed by atoms with Crippen molar-refractivity contribution in [3.05, 3.63) is 53.6 Å². The van der Waals surface area contributed by atoms with Crippen LogP contribution in [-0.2, 0) is 0 Å².